The molecule has 0 fully saturated rings. The van der Waals surface area contributed by atoms with Crippen LogP contribution in [-0.4, -0.2) is 16.5 Å². The van der Waals surface area contributed by atoms with Gasteiger partial charge < -0.3 is 5.32 Å². The summed E-state index contributed by atoms with van der Waals surface area (Å²) in [5.41, 5.74) is 6.02. The molecule has 3 heteroatoms. The van der Waals surface area contributed by atoms with Gasteiger partial charge in [-0.25, -0.2) is 9.97 Å². The predicted molar refractivity (Wildman–Crippen MR) is 82.9 cm³/mol. The third-order valence-corrected chi connectivity index (χ3v) is 3.44. The molecule has 0 aliphatic rings. The zero-order valence-electron chi connectivity index (χ0n) is 12.8. The van der Waals surface area contributed by atoms with Gasteiger partial charge >= 0.3 is 0 Å². The number of rotatable bonds is 5. The second-order valence-corrected chi connectivity index (χ2v) is 5.29. The molecule has 1 aromatic carbocycles. The first-order valence-corrected chi connectivity index (χ1v) is 7.18. The van der Waals surface area contributed by atoms with E-state index in [4.69, 9.17) is 0 Å². The van der Waals surface area contributed by atoms with E-state index in [2.05, 4.69) is 54.3 Å². The van der Waals surface area contributed by atoms with Crippen molar-refractivity contribution in [1.82, 2.24) is 15.3 Å². The number of aromatic nitrogens is 2. The topological polar surface area (TPSA) is 37.8 Å². The molecule has 1 N–H and O–H groups in total. The molecule has 0 aliphatic heterocycles. The molecular weight excluding hydrogens is 246 g/mol. The second-order valence-electron chi connectivity index (χ2n) is 5.29. The minimum absolute atomic E-state index is 0.794. The van der Waals surface area contributed by atoms with Crippen LogP contribution in [0.5, 0.6) is 0 Å². The average Bonchev–Trinajstić information content (AvgIpc) is 2.40. The lowest BCUT2D eigenvalue weighted by Gasteiger charge is -2.08. The lowest BCUT2D eigenvalue weighted by molar-refractivity contribution is 0.700. The van der Waals surface area contributed by atoms with Gasteiger partial charge in [0.15, 0.2) is 0 Å². The molecule has 0 bridgehead atoms. The van der Waals surface area contributed by atoms with E-state index in [0.29, 0.717) is 0 Å². The first kappa shape index (κ1) is 14.7. The van der Waals surface area contributed by atoms with E-state index in [1.54, 1.807) is 0 Å². The van der Waals surface area contributed by atoms with Gasteiger partial charge in [0.2, 0.25) is 0 Å². The van der Waals surface area contributed by atoms with Gasteiger partial charge in [0.25, 0.3) is 0 Å². The molecule has 20 heavy (non-hydrogen) atoms. The Kier molecular flexibility index (Phi) is 4.85. The molecular formula is C17H23N3. The fourth-order valence-electron chi connectivity index (χ4n) is 2.22. The van der Waals surface area contributed by atoms with Crippen LogP contribution >= 0.6 is 0 Å². The van der Waals surface area contributed by atoms with E-state index in [-0.39, 0.29) is 0 Å². The molecule has 0 aliphatic carbocycles. The summed E-state index contributed by atoms with van der Waals surface area (Å²) >= 11 is 0. The summed E-state index contributed by atoms with van der Waals surface area (Å²) in [5, 5.41) is 3.31. The van der Waals surface area contributed by atoms with E-state index < -0.39 is 0 Å². The van der Waals surface area contributed by atoms with Crippen molar-refractivity contribution in [3.05, 3.63) is 58.2 Å². The van der Waals surface area contributed by atoms with Crippen molar-refractivity contribution in [3.63, 3.8) is 0 Å². The molecule has 0 unspecified atom stereocenters. The van der Waals surface area contributed by atoms with Crippen LogP contribution < -0.4 is 5.32 Å². The lowest BCUT2D eigenvalue weighted by Crippen LogP contribution is -2.14. The standard InChI is InChI=1S/C17H23N3/c1-5-18-11-16-9-14(4)19-17(20-16)10-15-7-6-12(2)13(3)8-15/h6-9,18H,5,10-11H2,1-4H3. The third-order valence-electron chi connectivity index (χ3n) is 3.44. The van der Waals surface area contributed by atoms with Gasteiger partial charge in [-0.15, -0.1) is 0 Å². The molecule has 0 saturated heterocycles. The molecule has 0 saturated carbocycles. The summed E-state index contributed by atoms with van der Waals surface area (Å²) in [5.74, 6) is 0.904. The lowest BCUT2D eigenvalue weighted by atomic mass is 10.0. The maximum Gasteiger partial charge on any atom is 0.133 e. The Balaban J connectivity index is 2.19. The zero-order valence-corrected chi connectivity index (χ0v) is 12.8. The first-order chi connectivity index (χ1) is 9.58. The van der Waals surface area contributed by atoms with Crippen LogP contribution in [0, 0.1) is 20.8 Å². The number of benzene rings is 1. The number of nitrogens with zero attached hydrogens (tertiary/aromatic N) is 2. The van der Waals surface area contributed by atoms with Crippen molar-refractivity contribution >= 4 is 0 Å². The fraction of sp³-hybridized carbons (Fsp3) is 0.412. The number of hydrogen-bond acceptors (Lipinski definition) is 3. The normalized spacial score (nSPS) is 10.8. The van der Waals surface area contributed by atoms with Gasteiger partial charge in [0.1, 0.15) is 5.82 Å². The SMILES string of the molecule is CCNCc1cc(C)nc(Cc2ccc(C)c(C)c2)n1. The van der Waals surface area contributed by atoms with Crippen molar-refractivity contribution in [2.75, 3.05) is 6.54 Å². The summed E-state index contributed by atoms with van der Waals surface area (Å²) in [7, 11) is 0. The summed E-state index contributed by atoms with van der Waals surface area (Å²) in [6, 6.07) is 8.61. The molecule has 3 nitrogen and oxygen atoms in total. The Morgan fingerprint density at radius 1 is 1.00 bits per heavy atom. The maximum absolute atomic E-state index is 4.64. The van der Waals surface area contributed by atoms with Crippen LogP contribution in [0.1, 0.15) is 40.8 Å². The van der Waals surface area contributed by atoms with Crippen LogP contribution in [0.4, 0.5) is 0 Å². The summed E-state index contributed by atoms with van der Waals surface area (Å²) in [4.78, 5) is 9.20. The Hall–Kier alpha value is -1.74. The number of nitrogens with one attached hydrogen (secondary N) is 1. The van der Waals surface area contributed by atoms with E-state index in [0.717, 1.165) is 36.7 Å². The largest absolute Gasteiger partial charge is 0.311 e. The Bertz CT molecular complexity index is 591. The summed E-state index contributed by atoms with van der Waals surface area (Å²) < 4.78 is 0. The minimum Gasteiger partial charge on any atom is -0.311 e. The predicted octanol–water partition coefficient (Wildman–Crippen LogP) is 3.10. The third kappa shape index (κ3) is 3.87. The summed E-state index contributed by atoms with van der Waals surface area (Å²) in [6.45, 7) is 10.2. The van der Waals surface area contributed by atoms with E-state index in [1.807, 2.05) is 13.0 Å². The van der Waals surface area contributed by atoms with Gasteiger partial charge in [-0.05, 0) is 50.1 Å². The smallest absolute Gasteiger partial charge is 0.133 e. The Morgan fingerprint density at radius 2 is 1.80 bits per heavy atom. The van der Waals surface area contributed by atoms with E-state index >= 15 is 0 Å². The molecule has 0 amide bonds. The van der Waals surface area contributed by atoms with Crippen molar-refractivity contribution in [1.29, 1.82) is 0 Å². The average molecular weight is 269 g/mol. The number of aryl methyl sites for hydroxylation is 3. The van der Waals surface area contributed by atoms with Crippen molar-refractivity contribution in [2.45, 2.75) is 40.7 Å². The maximum atomic E-state index is 4.64. The van der Waals surface area contributed by atoms with Crippen LogP contribution in [0.25, 0.3) is 0 Å². The number of hydrogen-bond donors (Lipinski definition) is 1. The van der Waals surface area contributed by atoms with Gasteiger partial charge in [0, 0.05) is 18.7 Å². The van der Waals surface area contributed by atoms with Gasteiger partial charge in [0.05, 0.1) is 5.69 Å². The van der Waals surface area contributed by atoms with Crippen LogP contribution in [0.15, 0.2) is 24.3 Å². The highest BCUT2D eigenvalue weighted by atomic mass is 14.9. The molecule has 0 radical (unpaired) electrons. The van der Waals surface area contributed by atoms with Crippen LogP contribution in [0.3, 0.4) is 0 Å². The Labute approximate surface area is 121 Å². The van der Waals surface area contributed by atoms with Crippen LogP contribution in [0.2, 0.25) is 0 Å². The summed E-state index contributed by atoms with van der Waals surface area (Å²) in [6.07, 6.45) is 0.794. The molecule has 1 heterocycles. The minimum atomic E-state index is 0.794. The van der Waals surface area contributed by atoms with Crippen LogP contribution in [-0.2, 0) is 13.0 Å². The van der Waals surface area contributed by atoms with Gasteiger partial charge in [-0.2, -0.15) is 0 Å². The van der Waals surface area contributed by atoms with E-state index in [1.165, 1.54) is 16.7 Å². The van der Waals surface area contributed by atoms with Crippen molar-refractivity contribution in [3.8, 4) is 0 Å². The van der Waals surface area contributed by atoms with Crippen molar-refractivity contribution < 1.29 is 0 Å². The fourth-order valence-corrected chi connectivity index (χ4v) is 2.22. The van der Waals surface area contributed by atoms with Gasteiger partial charge in [-0.1, -0.05) is 25.1 Å². The molecule has 1 aromatic heterocycles. The first-order valence-electron chi connectivity index (χ1n) is 7.18. The molecule has 2 aromatic rings. The van der Waals surface area contributed by atoms with Crippen molar-refractivity contribution in [2.24, 2.45) is 0 Å². The molecule has 0 atom stereocenters. The molecule has 0 spiro atoms. The highest BCUT2D eigenvalue weighted by molar-refractivity contribution is 5.31. The van der Waals surface area contributed by atoms with Gasteiger partial charge in [-0.3, -0.25) is 0 Å². The zero-order chi connectivity index (χ0) is 14.5. The second kappa shape index (κ2) is 6.62. The molecule has 2 rings (SSSR count). The Morgan fingerprint density at radius 3 is 2.50 bits per heavy atom. The highest BCUT2D eigenvalue weighted by Gasteiger charge is 2.04. The quantitative estimate of drug-likeness (QED) is 0.906. The van der Waals surface area contributed by atoms with E-state index in [9.17, 15) is 0 Å². The monoisotopic (exact) mass is 269 g/mol. The molecule has 106 valence electrons. The highest BCUT2D eigenvalue weighted by Crippen LogP contribution is 2.13.